The van der Waals surface area contributed by atoms with Crippen LogP contribution in [-0.2, 0) is 6.54 Å². The van der Waals surface area contributed by atoms with Crippen LogP contribution in [0.1, 0.15) is 19.7 Å². The second kappa shape index (κ2) is 5.91. The van der Waals surface area contributed by atoms with E-state index in [-0.39, 0.29) is 0 Å². The molecule has 0 fully saturated rings. The Morgan fingerprint density at radius 3 is 2.80 bits per heavy atom. The van der Waals surface area contributed by atoms with Gasteiger partial charge < -0.3 is 9.63 Å². The molecule has 0 radical (unpaired) electrons. The summed E-state index contributed by atoms with van der Waals surface area (Å²) in [4.78, 5) is 6.26. The Balaban J connectivity index is 2.06. The number of likely N-dealkylation sites (N-methyl/N-ethyl adjacent to an activating group) is 1. The number of halogens is 1. The topological polar surface area (TPSA) is 62.4 Å². The van der Waals surface area contributed by atoms with Crippen LogP contribution < -0.4 is 0 Å². The standard InChI is InChI=1S/C14H18ClN3O2/c1-14(2,19)9-18(3)8-12-16-13(17-20-12)10-5-4-6-11(15)7-10/h4-7,19H,8-9H2,1-3H3. The minimum Gasteiger partial charge on any atom is -0.389 e. The van der Waals surface area contributed by atoms with Gasteiger partial charge in [0.15, 0.2) is 0 Å². The number of aliphatic hydroxyl groups is 1. The lowest BCUT2D eigenvalue weighted by Crippen LogP contribution is -2.35. The maximum absolute atomic E-state index is 9.76. The fourth-order valence-corrected chi connectivity index (χ4v) is 2.20. The lowest BCUT2D eigenvalue weighted by atomic mass is 10.1. The maximum Gasteiger partial charge on any atom is 0.241 e. The summed E-state index contributed by atoms with van der Waals surface area (Å²) in [6.07, 6.45) is 0. The van der Waals surface area contributed by atoms with Gasteiger partial charge in [-0.05, 0) is 33.0 Å². The molecule has 0 bridgehead atoms. The minimum absolute atomic E-state index is 0.484. The zero-order valence-electron chi connectivity index (χ0n) is 11.8. The summed E-state index contributed by atoms with van der Waals surface area (Å²) in [7, 11) is 1.89. The summed E-state index contributed by atoms with van der Waals surface area (Å²) >= 11 is 5.94. The highest BCUT2D eigenvalue weighted by atomic mass is 35.5. The molecule has 0 saturated carbocycles. The zero-order valence-corrected chi connectivity index (χ0v) is 12.6. The first kappa shape index (κ1) is 15.0. The van der Waals surface area contributed by atoms with Crippen LogP contribution in [0.2, 0.25) is 5.02 Å². The minimum atomic E-state index is -0.759. The Hall–Kier alpha value is -1.43. The smallest absolute Gasteiger partial charge is 0.241 e. The lowest BCUT2D eigenvalue weighted by Gasteiger charge is -2.23. The monoisotopic (exact) mass is 295 g/mol. The van der Waals surface area contributed by atoms with Crippen molar-refractivity contribution in [2.45, 2.75) is 26.0 Å². The van der Waals surface area contributed by atoms with Crippen molar-refractivity contribution < 1.29 is 9.63 Å². The Kier molecular flexibility index (Phi) is 4.42. The van der Waals surface area contributed by atoms with Crippen LogP contribution in [0.5, 0.6) is 0 Å². The average Bonchev–Trinajstić information content (AvgIpc) is 2.74. The Bertz CT molecular complexity index is 578. The van der Waals surface area contributed by atoms with Crippen LogP contribution in [0.3, 0.4) is 0 Å². The first-order chi connectivity index (χ1) is 9.33. The van der Waals surface area contributed by atoms with Crippen LogP contribution in [0.25, 0.3) is 11.4 Å². The van der Waals surface area contributed by atoms with E-state index in [4.69, 9.17) is 16.1 Å². The van der Waals surface area contributed by atoms with Crippen molar-refractivity contribution in [3.8, 4) is 11.4 Å². The number of rotatable bonds is 5. The highest BCUT2D eigenvalue weighted by Crippen LogP contribution is 2.20. The fraction of sp³-hybridized carbons (Fsp3) is 0.429. The summed E-state index contributed by atoms with van der Waals surface area (Å²) in [5, 5.41) is 14.3. The van der Waals surface area contributed by atoms with Gasteiger partial charge in [-0.1, -0.05) is 28.9 Å². The molecule has 0 unspecified atom stereocenters. The number of hydrogen-bond donors (Lipinski definition) is 1. The molecule has 0 aliphatic carbocycles. The van der Waals surface area contributed by atoms with Crippen molar-refractivity contribution in [2.75, 3.05) is 13.6 Å². The molecule has 0 amide bonds. The lowest BCUT2D eigenvalue weighted by molar-refractivity contribution is 0.0397. The van der Waals surface area contributed by atoms with Gasteiger partial charge in [0.2, 0.25) is 11.7 Å². The average molecular weight is 296 g/mol. The van der Waals surface area contributed by atoms with E-state index in [1.807, 2.05) is 24.1 Å². The van der Waals surface area contributed by atoms with Crippen molar-refractivity contribution in [1.29, 1.82) is 0 Å². The summed E-state index contributed by atoms with van der Waals surface area (Å²) in [6, 6.07) is 7.30. The third-order valence-electron chi connectivity index (χ3n) is 2.61. The molecule has 20 heavy (non-hydrogen) atoms. The molecule has 2 aromatic rings. The van der Waals surface area contributed by atoms with Gasteiger partial charge in [-0.25, -0.2) is 0 Å². The Morgan fingerprint density at radius 2 is 2.15 bits per heavy atom. The number of benzene rings is 1. The SMILES string of the molecule is CN(Cc1nc(-c2cccc(Cl)c2)no1)CC(C)(C)O. The Morgan fingerprint density at radius 1 is 1.40 bits per heavy atom. The van der Waals surface area contributed by atoms with Gasteiger partial charge >= 0.3 is 0 Å². The summed E-state index contributed by atoms with van der Waals surface area (Å²) in [5.74, 6) is 1.02. The highest BCUT2D eigenvalue weighted by molar-refractivity contribution is 6.30. The van der Waals surface area contributed by atoms with Gasteiger partial charge in [-0.15, -0.1) is 0 Å². The number of hydrogen-bond acceptors (Lipinski definition) is 5. The van der Waals surface area contributed by atoms with Crippen molar-refractivity contribution in [1.82, 2.24) is 15.0 Å². The number of aromatic nitrogens is 2. The predicted octanol–water partition coefficient (Wildman–Crippen LogP) is 2.59. The molecule has 1 heterocycles. The molecule has 0 aliphatic heterocycles. The van der Waals surface area contributed by atoms with Crippen LogP contribution >= 0.6 is 11.6 Å². The van der Waals surface area contributed by atoms with Crippen LogP contribution in [0.15, 0.2) is 28.8 Å². The van der Waals surface area contributed by atoms with Crippen LogP contribution in [-0.4, -0.2) is 39.3 Å². The quantitative estimate of drug-likeness (QED) is 0.918. The van der Waals surface area contributed by atoms with E-state index in [1.54, 1.807) is 26.0 Å². The second-order valence-electron chi connectivity index (χ2n) is 5.51. The highest BCUT2D eigenvalue weighted by Gasteiger charge is 2.18. The van der Waals surface area contributed by atoms with E-state index in [0.717, 1.165) is 5.56 Å². The van der Waals surface area contributed by atoms with Crippen LogP contribution in [0, 0.1) is 0 Å². The van der Waals surface area contributed by atoms with Gasteiger partial charge in [0, 0.05) is 17.1 Å². The van der Waals surface area contributed by atoms with Crippen molar-refractivity contribution in [3.05, 3.63) is 35.2 Å². The summed E-state index contributed by atoms with van der Waals surface area (Å²) < 4.78 is 5.22. The molecule has 2 rings (SSSR count). The summed E-state index contributed by atoms with van der Waals surface area (Å²) in [5.41, 5.74) is 0.0579. The summed E-state index contributed by atoms with van der Waals surface area (Å²) in [6.45, 7) is 4.52. The largest absolute Gasteiger partial charge is 0.389 e. The van der Waals surface area contributed by atoms with Crippen molar-refractivity contribution in [2.24, 2.45) is 0 Å². The van der Waals surface area contributed by atoms with E-state index in [9.17, 15) is 5.11 Å². The maximum atomic E-state index is 9.76. The van der Waals surface area contributed by atoms with Gasteiger partial charge in [-0.2, -0.15) is 4.98 Å². The molecular formula is C14H18ClN3O2. The third kappa shape index (κ3) is 4.30. The molecular weight excluding hydrogens is 278 g/mol. The van der Waals surface area contributed by atoms with E-state index < -0.39 is 5.60 Å². The van der Waals surface area contributed by atoms with Crippen molar-refractivity contribution in [3.63, 3.8) is 0 Å². The number of nitrogens with zero attached hydrogens (tertiary/aromatic N) is 3. The second-order valence-corrected chi connectivity index (χ2v) is 5.94. The van der Waals surface area contributed by atoms with Gasteiger partial charge in [0.05, 0.1) is 12.1 Å². The zero-order chi connectivity index (χ0) is 14.8. The molecule has 1 aromatic heterocycles. The fourth-order valence-electron chi connectivity index (χ4n) is 2.01. The molecule has 0 spiro atoms. The van der Waals surface area contributed by atoms with Gasteiger partial charge in [-0.3, -0.25) is 4.90 Å². The first-order valence-corrected chi connectivity index (χ1v) is 6.71. The van der Waals surface area contributed by atoms with E-state index >= 15 is 0 Å². The predicted molar refractivity (Wildman–Crippen MR) is 77.4 cm³/mol. The van der Waals surface area contributed by atoms with Crippen molar-refractivity contribution >= 4 is 11.6 Å². The normalized spacial score (nSPS) is 12.1. The molecule has 0 aliphatic rings. The molecule has 5 nitrogen and oxygen atoms in total. The molecule has 6 heteroatoms. The first-order valence-electron chi connectivity index (χ1n) is 6.33. The third-order valence-corrected chi connectivity index (χ3v) is 2.85. The Labute approximate surface area is 123 Å². The molecule has 0 saturated heterocycles. The van der Waals surface area contributed by atoms with Gasteiger partial charge in [0.25, 0.3) is 0 Å². The molecule has 108 valence electrons. The molecule has 1 aromatic carbocycles. The van der Waals surface area contributed by atoms with E-state index in [0.29, 0.717) is 29.8 Å². The van der Waals surface area contributed by atoms with E-state index in [2.05, 4.69) is 10.1 Å². The van der Waals surface area contributed by atoms with E-state index in [1.165, 1.54) is 0 Å². The molecule has 0 atom stereocenters. The van der Waals surface area contributed by atoms with Gasteiger partial charge in [0.1, 0.15) is 0 Å². The van der Waals surface area contributed by atoms with Crippen LogP contribution in [0.4, 0.5) is 0 Å². The molecule has 1 N–H and O–H groups in total.